The van der Waals surface area contributed by atoms with Crippen LogP contribution < -0.4 is 0 Å². The lowest BCUT2D eigenvalue weighted by Gasteiger charge is -2.25. The number of ether oxygens (including phenoxy) is 1. The van der Waals surface area contributed by atoms with Crippen LogP contribution in [0.3, 0.4) is 0 Å². The minimum atomic E-state index is -2.79. The van der Waals surface area contributed by atoms with Crippen molar-refractivity contribution >= 4 is 9.84 Å². The standard InChI is InChI=1S/C15H23NO4S/c1-19-10-13-4-5-15(20-13)14-3-2-7-16(14)9-12-6-8-21(17,18)11-12/h4-5,12,14H,2-3,6-11H2,1H3. The molecule has 5 nitrogen and oxygen atoms in total. The fourth-order valence-electron chi connectivity index (χ4n) is 3.51. The maximum absolute atomic E-state index is 11.6. The molecule has 0 bridgehead atoms. The average Bonchev–Trinajstić information content (AvgIpc) is 3.11. The zero-order valence-corrected chi connectivity index (χ0v) is 13.3. The summed E-state index contributed by atoms with van der Waals surface area (Å²) in [4.78, 5) is 2.39. The van der Waals surface area contributed by atoms with Crippen molar-refractivity contribution in [2.45, 2.75) is 31.9 Å². The van der Waals surface area contributed by atoms with Gasteiger partial charge in [-0.05, 0) is 43.9 Å². The highest BCUT2D eigenvalue weighted by molar-refractivity contribution is 7.91. The minimum absolute atomic E-state index is 0.281. The molecule has 2 fully saturated rings. The van der Waals surface area contributed by atoms with Gasteiger partial charge < -0.3 is 9.15 Å². The molecule has 0 amide bonds. The summed E-state index contributed by atoms with van der Waals surface area (Å²) < 4.78 is 34.1. The van der Waals surface area contributed by atoms with Gasteiger partial charge in [0.1, 0.15) is 18.1 Å². The zero-order chi connectivity index (χ0) is 14.9. The van der Waals surface area contributed by atoms with Gasteiger partial charge in [0.05, 0.1) is 17.5 Å². The van der Waals surface area contributed by atoms with Gasteiger partial charge in [-0.25, -0.2) is 8.42 Å². The van der Waals surface area contributed by atoms with Crippen molar-refractivity contribution in [1.82, 2.24) is 4.90 Å². The van der Waals surface area contributed by atoms with E-state index in [2.05, 4.69) is 4.90 Å². The topological polar surface area (TPSA) is 59.8 Å². The molecular weight excluding hydrogens is 290 g/mol. The second-order valence-corrected chi connectivity index (χ2v) is 8.39. The number of sulfone groups is 1. The van der Waals surface area contributed by atoms with Gasteiger partial charge in [0.15, 0.2) is 9.84 Å². The zero-order valence-electron chi connectivity index (χ0n) is 12.5. The van der Waals surface area contributed by atoms with Gasteiger partial charge in [-0.15, -0.1) is 0 Å². The first kappa shape index (κ1) is 15.1. The van der Waals surface area contributed by atoms with Gasteiger partial charge in [-0.1, -0.05) is 0 Å². The SMILES string of the molecule is COCc1ccc(C2CCCN2CC2CCS(=O)(=O)C2)o1. The van der Waals surface area contributed by atoms with Crippen LogP contribution in [0.25, 0.3) is 0 Å². The van der Waals surface area contributed by atoms with E-state index in [9.17, 15) is 8.42 Å². The Kier molecular flexibility index (Phi) is 4.38. The van der Waals surface area contributed by atoms with Gasteiger partial charge in [0.25, 0.3) is 0 Å². The number of methoxy groups -OCH3 is 1. The molecule has 1 aromatic rings. The van der Waals surface area contributed by atoms with Crippen LogP contribution in [0, 0.1) is 5.92 Å². The number of furan rings is 1. The summed E-state index contributed by atoms with van der Waals surface area (Å²) in [7, 11) is -1.13. The first-order chi connectivity index (χ1) is 10.1. The summed E-state index contributed by atoms with van der Waals surface area (Å²) in [6.07, 6.45) is 3.03. The molecule has 0 spiro atoms. The second-order valence-electron chi connectivity index (χ2n) is 6.16. The van der Waals surface area contributed by atoms with Gasteiger partial charge in [-0.2, -0.15) is 0 Å². The second kappa shape index (κ2) is 6.10. The Hall–Kier alpha value is -0.850. The van der Waals surface area contributed by atoms with E-state index in [0.29, 0.717) is 24.2 Å². The summed E-state index contributed by atoms with van der Waals surface area (Å²) >= 11 is 0. The fraction of sp³-hybridized carbons (Fsp3) is 0.733. The lowest BCUT2D eigenvalue weighted by Crippen LogP contribution is -2.29. The van der Waals surface area contributed by atoms with Crippen LogP contribution >= 0.6 is 0 Å². The van der Waals surface area contributed by atoms with Crippen LogP contribution in [0.1, 0.15) is 36.8 Å². The molecule has 0 N–H and O–H groups in total. The molecule has 0 radical (unpaired) electrons. The molecule has 2 atom stereocenters. The van der Waals surface area contributed by atoms with Crippen LogP contribution in [0.15, 0.2) is 16.5 Å². The monoisotopic (exact) mass is 313 g/mol. The highest BCUT2D eigenvalue weighted by Crippen LogP contribution is 2.34. The van der Waals surface area contributed by atoms with Crippen molar-refractivity contribution in [1.29, 1.82) is 0 Å². The lowest BCUT2D eigenvalue weighted by atomic mass is 10.1. The summed E-state index contributed by atoms with van der Waals surface area (Å²) in [6, 6.07) is 4.29. The summed E-state index contributed by atoms with van der Waals surface area (Å²) in [5.41, 5.74) is 0. The van der Waals surface area contributed by atoms with E-state index in [0.717, 1.165) is 43.9 Å². The summed E-state index contributed by atoms with van der Waals surface area (Å²) in [5.74, 6) is 2.82. The van der Waals surface area contributed by atoms with Gasteiger partial charge in [-0.3, -0.25) is 4.90 Å². The number of nitrogens with zero attached hydrogens (tertiary/aromatic N) is 1. The third kappa shape index (κ3) is 3.49. The maximum Gasteiger partial charge on any atom is 0.150 e. The number of likely N-dealkylation sites (tertiary alicyclic amines) is 1. The van der Waals surface area contributed by atoms with Crippen molar-refractivity contribution in [2.75, 3.05) is 31.7 Å². The molecule has 21 heavy (non-hydrogen) atoms. The fourth-order valence-corrected chi connectivity index (χ4v) is 5.36. The molecule has 2 aliphatic rings. The van der Waals surface area contributed by atoms with Gasteiger partial charge in [0, 0.05) is 13.7 Å². The predicted molar refractivity (Wildman–Crippen MR) is 79.7 cm³/mol. The van der Waals surface area contributed by atoms with Crippen molar-refractivity contribution in [3.05, 3.63) is 23.7 Å². The molecule has 1 aromatic heterocycles. The van der Waals surface area contributed by atoms with E-state index >= 15 is 0 Å². The van der Waals surface area contributed by atoms with Crippen molar-refractivity contribution in [3.63, 3.8) is 0 Å². The molecule has 0 aromatic carbocycles. The third-order valence-electron chi connectivity index (χ3n) is 4.48. The Bertz CT molecular complexity index is 580. The van der Waals surface area contributed by atoms with Crippen molar-refractivity contribution < 1.29 is 17.6 Å². The minimum Gasteiger partial charge on any atom is -0.462 e. The number of rotatable bonds is 5. The van der Waals surface area contributed by atoms with E-state index in [4.69, 9.17) is 9.15 Å². The largest absolute Gasteiger partial charge is 0.462 e. The molecular formula is C15H23NO4S. The predicted octanol–water partition coefficient (Wildman–Crippen LogP) is 2.00. The quantitative estimate of drug-likeness (QED) is 0.832. The van der Waals surface area contributed by atoms with E-state index in [-0.39, 0.29) is 5.92 Å². The highest BCUT2D eigenvalue weighted by Gasteiger charge is 2.34. The molecule has 2 aliphatic heterocycles. The molecule has 0 aliphatic carbocycles. The summed E-state index contributed by atoms with van der Waals surface area (Å²) in [6.45, 7) is 2.39. The Morgan fingerprint density at radius 3 is 2.95 bits per heavy atom. The molecule has 3 heterocycles. The Morgan fingerprint density at radius 2 is 2.24 bits per heavy atom. The number of hydrogen-bond acceptors (Lipinski definition) is 5. The molecule has 118 valence electrons. The number of hydrogen-bond donors (Lipinski definition) is 0. The van der Waals surface area contributed by atoms with Crippen LogP contribution in [0.4, 0.5) is 0 Å². The third-order valence-corrected chi connectivity index (χ3v) is 6.32. The molecule has 3 rings (SSSR count). The van der Waals surface area contributed by atoms with Crippen LogP contribution in [0.5, 0.6) is 0 Å². The van der Waals surface area contributed by atoms with E-state index < -0.39 is 9.84 Å². The Morgan fingerprint density at radius 1 is 1.38 bits per heavy atom. The van der Waals surface area contributed by atoms with E-state index in [1.165, 1.54) is 0 Å². The lowest BCUT2D eigenvalue weighted by molar-refractivity contribution is 0.154. The van der Waals surface area contributed by atoms with Gasteiger partial charge in [0.2, 0.25) is 0 Å². The first-order valence-electron chi connectivity index (χ1n) is 7.59. The van der Waals surface area contributed by atoms with Crippen LogP contribution in [-0.2, 0) is 21.2 Å². The smallest absolute Gasteiger partial charge is 0.150 e. The van der Waals surface area contributed by atoms with Crippen LogP contribution in [0.2, 0.25) is 0 Å². The maximum atomic E-state index is 11.6. The Balaban J connectivity index is 1.65. The van der Waals surface area contributed by atoms with Crippen molar-refractivity contribution in [3.8, 4) is 0 Å². The molecule has 6 heteroatoms. The normalized spacial score (nSPS) is 29.2. The molecule has 2 saturated heterocycles. The average molecular weight is 313 g/mol. The summed E-state index contributed by atoms with van der Waals surface area (Å²) in [5, 5.41) is 0. The van der Waals surface area contributed by atoms with Gasteiger partial charge >= 0.3 is 0 Å². The van der Waals surface area contributed by atoms with E-state index in [1.807, 2.05) is 12.1 Å². The Labute approximate surface area is 126 Å². The first-order valence-corrected chi connectivity index (χ1v) is 9.41. The highest BCUT2D eigenvalue weighted by atomic mass is 32.2. The van der Waals surface area contributed by atoms with Crippen molar-refractivity contribution in [2.24, 2.45) is 5.92 Å². The van der Waals surface area contributed by atoms with Crippen LogP contribution in [-0.4, -0.2) is 45.0 Å². The molecule has 0 saturated carbocycles. The van der Waals surface area contributed by atoms with E-state index in [1.54, 1.807) is 7.11 Å². The molecule has 2 unspecified atom stereocenters.